The molecule has 3 aliphatic carbocycles. The Balaban J connectivity index is 1.82. The first-order chi connectivity index (χ1) is 8.37. The molecule has 0 aromatic rings. The summed E-state index contributed by atoms with van der Waals surface area (Å²) >= 11 is 0. The van der Waals surface area contributed by atoms with E-state index in [1.165, 1.54) is 12.0 Å². The van der Waals surface area contributed by atoms with Crippen molar-refractivity contribution in [2.24, 2.45) is 23.2 Å². The summed E-state index contributed by atoms with van der Waals surface area (Å²) in [5, 5.41) is 10.7. The molecule has 3 heteroatoms. The first-order valence-corrected chi connectivity index (χ1v) is 6.71. The van der Waals surface area contributed by atoms with Crippen molar-refractivity contribution < 1.29 is 14.6 Å². The predicted molar refractivity (Wildman–Crippen MR) is 65.3 cm³/mol. The zero-order valence-electron chi connectivity index (χ0n) is 10.8. The normalized spacial score (nSPS) is 52.9. The average molecular weight is 246 g/mol. The molecular weight excluding hydrogens is 228 g/mol. The van der Waals surface area contributed by atoms with Crippen LogP contribution in [0.1, 0.15) is 33.1 Å². The Bertz CT molecular complexity index is 532. The van der Waals surface area contributed by atoms with Crippen LogP contribution < -0.4 is 0 Å². The lowest BCUT2D eigenvalue weighted by Crippen LogP contribution is -2.46. The molecule has 0 bridgehead atoms. The van der Waals surface area contributed by atoms with Gasteiger partial charge in [0.1, 0.15) is 0 Å². The van der Waals surface area contributed by atoms with Crippen LogP contribution in [0.5, 0.6) is 0 Å². The molecular formula is C15H18O3. The van der Waals surface area contributed by atoms with Gasteiger partial charge in [-0.2, -0.15) is 0 Å². The minimum atomic E-state index is -1.33. The molecule has 3 fully saturated rings. The van der Waals surface area contributed by atoms with E-state index in [0.29, 0.717) is 29.7 Å². The second-order valence-corrected chi connectivity index (χ2v) is 6.74. The molecule has 4 rings (SSSR count). The molecule has 3 saturated carbocycles. The van der Waals surface area contributed by atoms with Crippen molar-refractivity contribution in [3.05, 3.63) is 23.3 Å². The van der Waals surface area contributed by atoms with E-state index in [1.807, 2.05) is 0 Å². The highest BCUT2D eigenvalue weighted by Crippen LogP contribution is 2.73. The lowest BCUT2D eigenvalue weighted by molar-refractivity contribution is -0.201. The van der Waals surface area contributed by atoms with Gasteiger partial charge in [-0.25, -0.2) is 4.79 Å². The summed E-state index contributed by atoms with van der Waals surface area (Å²) in [5.74, 6) is 0.0266. The Labute approximate surface area is 107 Å². The first kappa shape index (κ1) is 10.8. The second-order valence-electron chi connectivity index (χ2n) is 6.74. The van der Waals surface area contributed by atoms with Gasteiger partial charge in [-0.15, -0.1) is 0 Å². The SMILES string of the molecule is C=C1C2CC2C2(C)CC3(O)OC(=O)C(C)=C3CC12. The number of hydrogen-bond donors (Lipinski definition) is 1. The van der Waals surface area contributed by atoms with E-state index in [-0.39, 0.29) is 11.4 Å². The number of carbonyl (C=O) groups is 1. The van der Waals surface area contributed by atoms with Crippen LogP contribution in [-0.4, -0.2) is 16.9 Å². The van der Waals surface area contributed by atoms with Crippen molar-refractivity contribution >= 4 is 5.97 Å². The van der Waals surface area contributed by atoms with Crippen molar-refractivity contribution in [3.63, 3.8) is 0 Å². The molecule has 0 saturated heterocycles. The zero-order valence-corrected chi connectivity index (χ0v) is 10.8. The lowest BCUT2D eigenvalue weighted by atomic mass is 9.62. The van der Waals surface area contributed by atoms with E-state index in [1.54, 1.807) is 6.92 Å². The first-order valence-electron chi connectivity index (χ1n) is 6.71. The van der Waals surface area contributed by atoms with E-state index in [2.05, 4.69) is 13.5 Å². The predicted octanol–water partition coefficient (Wildman–Crippen LogP) is 2.17. The van der Waals surface area contributed by atoms with E-state index >= 15 is 0 Å². The third-order valence-corrected chi connectivity index (χ3v) is 5.88. The molecule has 0 spiro atoms. The molecule has 0 aromatic heterocycles. The highest BCUT2D eigenvalue weighted by Gasteiger charge is 2.68. The van der Waals surface area contributed by atoms with Gasteiger partial charge in [-0.05, 0) is 42.9 Å². The summed E-state index contributed by atoms with van der Waals surface area (Å²) < 4.78 is 5.25. The maximum Gasteiger partial charge on any atom is 0.336 e. The molecule has 4 aliphatic rings. The largest absolute Gasteiger partial charge is 0.426 e. The van der Waals surface area contributed by atoms with Crippen LogP contribution in [0.3, 0.4) is 0 Å². The molecule has 0 radical (unpaired) electrons. The summed E-state index contributed by atoms with van der Waals surface area (Å²) in [6.07, 6.45) is 2.49. The summed E-state index contributed by atoms with van der Waals surface area (Å²) in [6, 6.07) is 0. The van der Waals surface area contributed by atoms with Crippen LogP contribution in [0.15, 0.2) is 23.3 Å². The maximum absolute atomic E-state index is 11.7. The zero-order chi connectivity index (χ0) is 12.9. The maximum atomic E-state index is 11.7. The third kappa shape index (κ3) is 0.993. The number of fused-ring (bicyclic) bond motifs is 4. The highest BCUT2D eigenvalue weighted by atomic mass is 16.7. The molecule has 1 aliphatic heterocycles. The average Bonchev–Trinajstić information content (AvgIpc) is 2.99. The number of carbonyl (C=O) groups excluding carboxylic acids is 1. The van der Waals surface area contributed by atoms with Gasteiger partial charge in [-0.3, -0.25) is 0 Å². The molecule has 1 N–H and O–H groups in total. The van der Waals surface area contributed by atoms with Crippen molar-refractivity contribution in [3.8, 4) is 0 Å². The Morgan fingerprint density at radius 1 is 1.50 bits per heavy atom. The van der Waals surface area contributed by atoms with Gasteiger partial charge < -0.3 is 9.84 Å². The van der Waals surface area contributed by atoms with Gasteiger partial charge in [0.2, 0.25) is 5.79 Å². The molecule has 5 atom stereocenters. The topological polar surface area (TPSA) is 46.5 Å². The summed E-state index contributed by atoms with van der Waals surface area (Å²) in [6.45, 7) is 8.25. The molecule has 5 unspecified atom stereocenters. The molecule has 0 amide bonds. The number of esters is 1. The molecule has 18 heavy (non-hydrogen) atoms. The lowest BCUT2D eigenvalue weighted by Gasteiger charge is -2.45. The summed E-state index contributed by atoms with van der Waals surface area (Å²) in [7, 11) is 0. The summed E-state index contributed by atoms with van der Waals surface area (Å²) in [4.78, 5) is 11.7. The number of aliphatic hydroxyl groups is 1. The van der Waals surface area contributed by atoms with Gasteiger partial charge in [0.05, 0.1) is 0 Å². The number of allylic oxidation sites excluding steroid dienone is 1. The Morgan fingerprint density at radius 3 is 2.94 bits per heavy atom. The minimum absolute atomic E-state index is 0.0604. The quantitative estimate of drug-likeness (QED) is 0.526. The smallest absolute Gasteiger partial charge is 0.336 e. The molecule has 1 heterocycles. The van der Waals surface area contributed by atoms with Crippen molar-refractivity contribution in [1.82, 2.24) is 0 Å². The standard InChI is InChI=1S/C15H18O3/c1-7-9-4-12(9)14(3)6-15(17)11(5-10(7)14)8(2)13(16)18-15/h9-10,12,17H,1,4-6H2,2-3H3. The molecule has 0 aromatic carbocycles. The van der Waals surface area contributed by atoms with Gasteiger partial charge in [0.15, 0.2) is 0 Å². The molecule has 96 valence electrons. The van der Waals surface area contributed by atoms with Gasteiger partial charge in [0, 0.05) is 17.6 Å². The van der Waals surface area contributed by atoms with E-state index in [0.717, 1.165) is 12.0 Å². The number of ether oxygens (including phenoxy) is 1. The van der Waals surface area contributed by atoms with E-state index in [4.69, 9.17) is 4.74 Å². The van der Waals surface area contributed by atoms with Crippen LogP contribution in [0, 0.1) is 23.2 Å². The van der Waals surface area contributed by atoms with Crippen molar-refractivity contribution in [2.45, 2.75) is 38.9 Å². The molecule has 3 nitrogen and oxygen atoms in total. The summed E-state index contributed by atoms with van der Waals surface area (Å²) in [5.41, 5.74) is 2.81. The van der Waals surface area contributed by atoms with Crippen molar-refractivity contribution in [1.29, 1.82) is 0 Å². The fourth-order valence-corrected chi connectivity index (χ4v) is 4.78. The Morgan fingerprint density at radius 2 is 2.22 bits per heavy atom. The minimum Gasteiger partial charge on any atom is -0.426 e. The van der Waals surface area contributed by atoms with Crippen LogP contribution in [0.25, 0.3) is 0 Å². The van der Waals surface area contributed by atoms with Crippen LogP contribution in [0.4, 0.5) is 0 Å². The second kappa shape index (κ2) is 2.74. The highest BCUT2D eigenvalue weighted by molar-refractivity contribution is 5.92. The number of rotatable bonds is 0. The van der Waals surface area contributed by atoms with Gasteiger partial charge >= 0.3 is 5.97 Å². The monoisotopic (exact) mass is 246 g/mol. The van der Waals surface area contributed by atoms with Gasteiger partial charge in [-0.1, -0.05) is 19.1 Å². The van der Waals surface area contributed by atoms with Crippen LogP contribution >= 0.6 is 0 Å². The van der Waals surface area contributed by atoms with Crippen LogP contribution in [-0.2, 0) is 9.53 Å². The Kier molecular flexibility index (Phi) is 1.65. The Hall–Kier alpha value is -1.09. The number of hydrogen-bond acceptors (Lipinski definition) is 3. The third-order valence-electron chi connectivity index (χ3n) is 5.88. The van der Waals surface area contributed by atoms with Crippen LogP contribution in [0.2, 0.25) is 0 Å². The van der Waals surface area contributed by atoms with Gasteiger partial charge in [0.25, 0.3) is 0 Å². The van der Waals surface area contributed by atoms with Crippen molar-refractivity contribution in [2.75, 3.05) is 0 Å². The van der Waals surface area contributed by atoms with E-state index < -0.39 is 5.79 Å². The fraction of sp³-hybridized carbons (Fsp3) is 0.667. The fourth-order valence-electron chi connectivity index (χ4n) is 4.78. The van der Waals surface area contributed by atoms with E-state index in [9.17, 15) is 9.90 Å².